The maximum absolute atomic E-state index is 9.63. The summed E-state index contributed by atoms with van der Waals surface area (Å²) < 4.78 is 0. The minimum atomic E-state index is -0.0926. The summed E-state index contributed by atoms with van der Waals surface area (Å²) >= 11 is 0. The summed E-state index contributed by atoms with van der Waals surface area (Å²) in [7, 11) is 0. The van der Waals surface area contributed by atoms with Gasteiger partial charge in [-0.05, 0) is 6.20 Å². The second-order valence-corrected chi connectivity index (χ2v) is 0.777. The highest BCUT2D eigenvalue weighted by atomic mass is 16.3. The van der Waals surface area contributed by atoms with Gasteiger partial charge in [0.1, 0.15) is 0 Å². The molecule has 0 amide bonds. The molecule has 5 heavy (non-hydrogen) atoms. The SMILES string of the molecule is CC([O-])=CN. The summed E-state index contributed by atoms with van der Waals surface area (Å²) in [5.41, 5.74) is 4.70. The third-order valence-electron chi connectivity index (χ3n) is 0.235. The van der Waals surface area contributed by atoms with Crippen LogP contribution in [0.4, 0.5) is 0 Å². The van der Waals surface area contributed by atoms with Crippen molar-refractivity contribution in [2.75, 3.05) is 0 Å². The van der Waals surface area contributed by atoms with Crippen LogP contribution < -0.4 is 10.8 Å². The van der Waals surface area contributed by atoms with E-state index in [4.69, 9.17) is 5.73 Å². The van der Waals surface area contributed by atoms with Crippen LogP contribution in [0, 0.1) is 0 Å². The Kier molecular flexibility index (Phi) is 1.42. The van der Waals surface area contributed by atoms with Crippen molar-refractivity contribution in [2.24, 2.45) is 5.73 Å². The van der Waals surface area contributed by atoms with Crippen LogP contribution in [0.5, 0.6) is 0 Å². The van der Waals surface area contributed by atoms with Gasteiger partial charge in [0.2, 0.25) is 0 Å². The largest absolute Gasteiger partial charge is 0.875 e. The van der Waals surface area contributed by atoms with Crippen LogP contribution in [0.15, 0.2) is 12.0 Å². The molecule has 0 aliphatic carbocycles. The summed E-state index contributed by atoms with van der Waals surface area (Å²) in [4.78, 5) is 0. The van der Waals surface area contributed by atoms with Gasteiger partial charge in [-0.1, -0.05) is 6.92 Å². The molecule has 0 radical (unpaired) electrons. The van der Waals surface area contributed by atoms with Crippen molar-refractivity contribution in [3.63, 3.8) is 0 Å². The lowest BCUT2D eigenvalue weighted by Crippen LogP contribution is -1.99. The van der Waals surface area contributed by atoms with Crippen molar-refractivity contribution >= 4 is 0 Å². The first-order valence-corrected chi connectivity index (χ1v) is 1.33. The van der Waals surface area contributed by atoms with Gasteiger partial charge >= 0.3 is 0 Å². The van der Waals surface area contributed by atoms with Crippen molar-refractivity contribution in [3.8, 4) is 0 Å². The average Bonchev–Trinajstić information content (AvgIpc) is 1.38. The first kappa shape index (κ1) is 4.34. The summed E-state index contributed by atoms with van der Waals surface area (Å²) in [6.45, 7) is 1.40. The number of hydrogen-bond donors (Lipinski definition) is 1. The van der Waals surface area contributed by atoms with E-state index in [1.165, 1.54) is 6.92 Å². The molecule has 2 heteroatoms. The summed E-state index contributed by atoms with van der Waals surface area (Å²) in [6, 6.07) is 0. The molecule has 0 saturated heterocycles. The smallest absolute Gasteiger partial charge is 0.0186 e. The van der Waals surface area contributed by atoms with Crippen molar-refractivity contribution < 1.29 is 5.11 Å². The predicted molar refractivity (Wildman–Crippen MR) is 17.9 cm³/mol. The molecule has 0 fully saturated rings. The molecule has 2 nitrogen and oxygen atoms in total. The zero-order valence-electron chi connectivity index (χ0n) is 3.06. The second kappa shape index (κ2) is 1.64. The summed E-state index contributed by atoms with van der Waals surface area (Å²) in [5.74, 6) is -0.0926. The third-order valence-corrected chi connectivity index (χ3v) is 0.235. The fourth-order valence-corrected chi connectivity index (χ4v) is 0. The molecule has 0 aliphatic rings. The van der Waals surface area contributed by atoms with Crippen LogP contribution in [0.2, 0.25) is 0 Å². The van der Waals surface area contributed by atoms with E-state index < -0.39 is 0 Å². The fraction of sp³-hybridized carbons (Fsp3) is 0.333. The number of rotatable bonds is 0. The van der Waals surface area contributed by atoms with Crippen LogP contribution in [0.3, 0.4) is 0 Å². The minimum Gasteiger partial charge on any atom is -0.875 e. The lowest BCUT2D eigenvalue weighted by atomic mass is 10.6. The molecular weight excluding hydrogens is 66.0 g/mol. The highest BCUT2D eigenvalue weighted by Crippen LogP contribution is 1.64. The first-order valence-electron chi connectivity index (χ1n) is 1.33. The highest BCUT2D eigenvalue weighted by Gasteiger charge is 1.48. The molecular formula is C3H6NO-. The van der Waals surface area contributed by atoms with Crippen LogP contribution in [0.1, 0.15) is 6.92 Å². The molecule has 0 atom stereocenters. The molecule has 0 aromatic rings. The normalized spacial score (nSPS) is 11.8. The average molecular weight is 72.1 g/mol. The van der Waals surface area contributed by atoms with E-state index in [0.717, 1.165) is 6.20 Å². The zero-order valence-corrected chi connectivity index (χ0v) is 3.06. The Balaban J connectivity index is 3.14. The van der Waals surface area contributed by atoms with E-state index in [-0.39, 0.29) is 5.76 Å². The van der Waals surface area contributed by atoms with Gasteiger partial charge in [-0.15, -0.1) is 5.76 Å². The van der Waals surface area contributed by atoms with E-state index in [1.54, 1.807) is 0 Å². The monoisotopic (exact) mass is 72.0 g/mol. The molecule has 0 bridgehead atoms. The maximum atomic E-state index is 9.63. The molecule has 0 rings (SSSR count). The molecule has 2 N–H and O–H groups in total. The van der Waals surface area contributed by atoms with Gasteiger partial charge in [0, 0.05) is 0 Å². The summed E-state index contributed by atoms with van der Waals surface area (Å²) in [5, 5.41) is 9.63. The van der Waals surface area contributed by atoms with Gasteiger partial charge in [0.15, 0.2) is 0 Å². The number of allylic oxidation sites excluding steroid dienone is 1. The molecule has 30 valence electrons. The van der Waals surface area contributed by atoms with E-state index >= 15 is 0 Å². The Morgan fingerprint density at radius 1 is 2.00 bits per heavy atom. The highest BCUT2D eigenvalue weighted by molar-refractivity contribution is 4.76. The third kappa shape index (κ3) is 3.34. The van der Waals surface area contributed by atoms with Gasteiger partial charge in [0.25, 0.3) is 0 Å². The van der Waals surface area contributed by atoms with Crippen molar-refractivity contribution in [3.05, 3.63) is 12.0 Å². The molecule has 0 unspecified atom stereocenters. The molecule has 0 aromatic carbocycles. The zero-order chi connectivity index (χ0) is 4.28. The Hall–Kier alpha value is -0.660. The fourth-order valence-electron chi connectivity index (χ4n) is 0. The van der Waals surface area contributed by atoms with Gasteiger partial charge in [-0.25, -0.2) is 0 Å². The molecule has 0 spiro atoms. The van der Waals surface area contributed by atoms with Gasteiger partial charge in [-0.2, -0.15) is 0 Å². The molecule has 0 saturated carbocycles. The van der Waals surface area contributed by atoms with E-state index in [2.05, 4.69) is 0 Å². The Morgan fingerprint density at radius 3 is 2.20 bits per heavy atom. The van der Waals surface area contributed by atoms with E-state index in [1.807, 2.05) is 0 Å². The van der Waals surface area contributed by atoms with Crippen LogP contribution >= 0.6 is 0 Å². The summed E-state index contributed by atoms with van der Waals surface area (Å²) in [6.07, 6.45) is 1.03. The van der Waals surface area contributed by atoms with Crippen molar-refractivity contribution in [1.29, 1.82) is 0 Å². The lowest BCUT2D eigenvalue weighted by Gasteiger charge is -1.96. The predicted octanol–water partition coefficient (Wildman–Crippen LogP) is -0.833. The van der Waals surface area contributed by atoms with Crippen LogP contribution in [0.25, 0.3) is 0 Å². The Bertz CT molecular complexity index is 44.9. The number of hydrogen-bond acceptors (Lipinski definition) is 2. The maximum Gasteiger partial charge on any atom is -0.0186 e. The topological polar surface area (TPSA) is 49.1 Å². The van der Waals surface area contributed by atoms with Crippen LogP contribution in [-0.2, 0) is 0 Å². The quantitative estimate of drug-likeness (QED) is 0.379. The van der Waals surface area contributed by atoms with Crippen molar-refractivity contribution in [1.82, 2.24) is 0 Å². The van der Waals surface area contributed by atoms with E-state index in [0.29, 0.717) is 0 Å². The standard InChI is InChI=1S/C3H7NO/c1-3(5)2-4/h2,5H,4H2,1H3/p-1. The van der Waals surface area contributed by atoms with Crippen LogP contribution in [-0.4, -0.2) is 0 Å². The Morgan fingerprint density at radius 2 is 2.20 bits per heavy atom. The molecule has 0 heterocycles. The lowest BCUT2D eigenvalue weighted by molar-refractivity contribution is -0.302. The second-order valence-electron chi connectivity index (χ2n) is 0.777. The number of nitrogens with two attached hydrogens (primary N) is 1. The Labute approximate surface area is 30.9 Å². The first-order chi connectivity index (χ1) is 2.27. The van der Waals surface area contributed by atoms with Gasteiger partial charge < -0.3 is 10.8 Å². The molecule has 0 aromatic heterocycles. The van der Waals surface area contributed by atoms with Crippen molar-refractivity contribution in [2.45, 2.75) is 6.92 Å². The van der Waals surface area contributed by atoms with Gasteiger partial charge in [0.05, 0.1) is 0 Å². The minimum absolute atomic E-state index is 0.0926. The van der Waals surface area contributed by atoms with E-state index in [9.17, 15) is 5.11 Å². The molecule has 0 aliphatic heterocycles. The van der Waals surface area contributed by atoms with Gasteiger partial charge in [-0.3, -0.25) is 0 Å².